The summed E-state index contributed by atoms with van der Waals surface area (Å²) in [6, 6.07) is 0. The highest BCUT2D eigenvalue weighted by molar-refractivity contribution is 6.04. The van der Waals surface area contributed by atoms with Crippen LogP contribution in [0.25, 0.3) is 0 Å². The average molecular weight is 265 g/mol. The van der Waals surface area contributed by atoms with Crippen molar-refractivity contribution in [2.24, 2.45) is 11.8 Å². The summed E-state index contributed by atoms with van der Waals surface area (Å²) in [6.07, 6.45) is 5.66. The number of hydrogen-bond acceptors (Lipinski definition) is 4. The van der Waals surface area contributed by atoms with Gasteiger partial charge in [0.2, 0.25) is 5.91 Å². The molecule has 4 unspecified atom stereocenters. The average Bonchev–Trinajstić information content (AvgIpc) is 2.86. The van der Waals surface area contributed by atoms with Crippen molar-refractivity contribution in [2.45, 2.75) is 32.5 Å². The summed E-state index contributed by atoms with van der Waals surface area (Å²) in [5, 5.41) is 11.5. The molecule has 0 saturated carbocycles. The zero-order valence-electron chi connectivity index (χ0n) is 11.1. The summed E-state index contributed by atoms with van der Waals surface area (Å²) in [5.41, 5.74) is 0.547. The number of aliphatic hydroxyl groups excluding tert-OH is 1. The number of ether oxygens (including phenoxy) is 1. The number of amides is 2. The van der Waals surface area contributed by atoms with Crippen molar-refractivity contribution in [2.75, 3.05) is 6.61 Å². The Hall–Kier alpha value is -1.46. The third-order valence-electron chi connectivity index (χ3n) is 3.80. The summed E-state index contributed by atoms with van der Waals surface area (Å²) in [5.74, 6) is -0.949. The quantitative estimate of drug-likeness (QED) is 0.564. The Labute approximate surface area is 112 Å². The van der Waals surface area contributed by atoms with Gasteiger partial charge in [-0.15, -0.1) is 0 Å². The molecule has 0 aliphatic carbocycles. The molecule has 2 N–H and O–H groups in total. The summed E-state index contributed by atoms with van der Waals surface area (Å²) >= 11 is 0. The lowest BCUT2D eigenvalue weighted by Crippen LogP contribution is -2.42. The van der Waals surface area contributed by atoms with Gasteiger partial charge in [0.1, 0.15) is 0 Å². The van der Waals surface area contributed by atoms with E-state index in [0.717, 1.165) is 0 Å². The molecule has 4 atom stereocenters. The van der Waals surface area contributed by atoms with Crippen LogP contribution in [0.5, 0.6) is 0 Å². The maximum atomic E-state index is 12.0. The molecule has 2 rings (SSSR count). The standard InChI is InChI=1S/C14H19NO4/c1-8-3-5-11(9(2)14(18)15-13(8)17)12-6-4-10(7-16)19-12/h3-4,6,9-12,16H,5,7H2,1-2H3,(H,15,17,18)/b8-3-. The lowest BCUT2D eigenvalue weighted by atomic mass is 9.84. The summed E-state index contributed by atoms with van der Waals surface area (Å²) in [6.45, 7) is 3.43. The van der Waals surface area contributed by atoms with Crippen LogP contribution in [0.3, 0.4) is 0 Å². The van der Waals surface area contributed by atoms with E-state index in [0.29, 0.717) is 12.0 Å². The van der Waals surface area contributed by atoms with Crippen LogP contribution in [-0.4, -0.2) is 35.7 Å². The first-order valence-electron chi connectivity index (χ1n) is 6.49. The van der Waals surface area contributed by atoms with Gasteiger partial charge in [-0.1, -0.05) is 25.2 Å². The molecule has 2 amide bonds. The third kappa shape index (κ3) is 2.93. The Balaban J connectivity index is 2.17. The Bertz CT molecular complexity index is 441. The van der Waals surface area contributed by atoms with E-state index in [1.807, 2.05) is 18.2 Å². The molecular weight excluding hydrogens is 246 g/mol. The third-order valence-corrected chi connectivity index (χ3v) is 3.80. The second-order valence-corrected chi connectivity index (χ2v) is 5.10. The second kappa shape index (κ2) is 5.67. The van der Waals surface area contributed by atoms with E-state index in [1.54, 1.807) is 13.8 Å². The molecule has 19 heavy (non-hydrogen) atoms. The summed E-state index contributed by atoms with van der Waals surface area (Å²) < 4.78 is 5.67. The Kier molecular flexibility index (Phi) is 4.17. The van der Waals surface area contributed by atoms with Crippen LogP contribution < -0.4 is 5.32 Å². The fourth-order valence-electron chi connectivity index (χ4n) is 2.42. The first kappa shape index (κ1) is 14.0. The van der Waals surface area contributed by atoms with Crippen LogP contribution in [-0.2, 0) is 14.3 Å². The molecule has 0 aromatic carbocycles. The summed E-state index contributed by atoms with van der Waals surface area (Å²) in [4.78, 5) is 23.5. The van der Waals surface area contributed by atoms with Crippen LogP contribution in [0.2, 0.25) is 0 Å². The topological polar surface area (TPSA) is 75.6 Å². The summed E-state index contributed by atoms with van der Waals surface area (Å²) in [7, 11) is 0. The normalized spacial score (nSPS) is 38.4. The van der Waals surface area contributed by atoms with Gasteiger partial charge < -0.3 is 9.84 Å². The minimum atomic E-state index is -0.327. The predicted molar refractivity (Wildman–Crippen MR) is 69.1 cm³/mol. The molecule has 0 saturated heterocycles. The van der Waals surface area contributed by atoms with E-state index in [4.69, 9.17) is 9.84 Å². The van der Waals surface area contributed by atoms with E-state index in [1.165, 1.54) is 0 Å². The van der Waals surface area contributed by atoms with Gasteiger partial charge in [-0.05, 0) is 13.3 Å². The molecule has 104 valence electrons. The molecular formula is C14H19NO4. The number of allylic oxidation sites excluding steroid dienone is 1. The van der Waals surface area contributed by atoms with Crippen LogP contribution >= 0.6 is 0 Å². The van der Waals surface area contributed by atoms with E-state index in [2.05, 4.69) is 5.32 Å². The molecule has 2 heterocycles. The van der Waals surface area contributed by atoms with E-state index >= 15 is 0 Å². The van der Waals surface area contributed by atoms with Gasteiger partial charge in [0, 0.05) is 17.4 Å². The first-order chi connectivity index (χ1) is 9.02. The molecule has 0 spiro atoms. The Morgan fingerprint density at radius 1 is 1.42 bits per heavy atom. The van der Waals surface area contributed by atoms with Crippen molar-refractivity contribution in [1.82, 2.24) is 5.32 Å². The molecule has 0 bridgehead atoms. The van der Waals surface area contributed by atoms with Gasteiger partial charge in [-0.2, -0.15) is 0 Å². The van der Waals surface area contributed by atoms with Crippen LogP contribution in [0.15, 0.2) is 23.8 Å². The van der Waals surface area contributed by atoms with Crippen molar-refractivity contribution in [3.8, 4) is 0 Å². The zero-order valence-corrected chi connectivity index (χ0v) is 11.1. The SMILES string of the molecule is C/C1=C/CC(C2C=CC(CO)O2)C(C)C(=O)NC1=O. The van der Waals surface area contributed by atoms with E-state index in [-0.39, 0.29) is 42.5 Å². The smallest absolute Gasteiger partial charge is 0.253 e. The molecule has 5 heteroatoms. The van der Waals surface area contributed by atoms with Gasteiger partial charge in [0.05, 0.1) is 18.8 Å². The number of aliphatic hydroxyl groups is 1. The number of hydrogen-bond donors (Lipinski definition) is 2. The number of rotatable bonds is 2. The zero-order chi connectivity index (χ0) is 14.0. The maximum Gasteiger partial charge on any atom is 0.253 e. The first-order valence-corrected chi connectivity index (χ1v) is 6.49. The number of carbonyl (C=O) groups excluding carboxylic acids is 2. The fraction of sp³-hybridized carbons (Fsp3) is 0.571. The van der Waals surface area contributed by atoms with Gasteiger partial charge in [-0.3, -0.25) is 14.9 Å². The van der Waals surface area contributed by atoms with E-state index < -0.39 is 0 Å². The molecule has 2 aliphatic rings. The van der Waals surface area contributed by atoms with Gasteiger partial charge in [-0.25, -0.2) is 0 Å². The highest BCUT2D eigenvalue weighted by Crippen LogP contribution is 2.29. The van der Waals surface area contributed by atoms with Gasteiger partial charge in [0.25, 0.3) is 5.91 Å². The lowest BCUT2D eigenvalue weighted by molar-refractivity contribution is -0.133. The van der Waals surface area contributed by atoms with E-state index in [9.17, 15) is 9.59 Å². The van der Waals surface area contributed by atoms with Crippen LogP contribution in [0.1, 0.15) is 20.3 Å². The molecule has 5 nitrogen and oxygen atoms in total. The molecule has 0 radical (unpaired) electrons. The van der Waals surface area contributed by atoms with Crippen molar-refractivity contribution < 1.29 is 19.4 Å². The number of imide groups is 1. The van der Waals surface area contributed by atoms with Crippen molar-refractivity contribution in [3.05, 3.63) is 23.8 Å². The van der Waals surface area contributed by atoms with Crippen LogP contribution in [0.4, 0.5) is 0 Å². The molecule has 0 aromatic rings. The van der Waals surface area contributed by atoms with Gasteiger partial charge in [0.15, 0.2) is 0 Å². The van der Waals surface area contributed by atoms with Gasteiger partial charge >= 0.3 is 0 Å². The number of nitrogens with one attached hydrogen (secondary N) is 1. The molecule has 0 fully saturated rings. The predicted octanol–water partition coefficient (Wildman–Crippen LogP) is 0.547. The second-order valence-electron chi connectivity index (χ2n) is 5.10. The molecule has 0 aromatic heterocycles. The monoisotopic (exact) mass is 265 g/mol. The minimum Gasteiger partial charge on any atom is -0.393 e. The van der Waals surface area contributed by atoms with Crippen LogP contribution in [0, 0.1) is 11.8 Å². The molecule has 2 aliphatic heterocycles. The van der Waals surface area contributed by atoms with Crippen molar-refractivity contribution in [3.63, 3.8) is 0 Å². The minimum absolute atomic E-state index is 0.0316. The number of carbonyl (C=O) groups is 2. The highest BCUT2D eigenvalue weighted by atomic mass is 16.5. The van der Waals surface area contributed by atoms with Crippen molar-refractivity contribution >= 4 is 11.8 Å². The Morgan fingerprint density at radius 3 is 2.79 bits per heavy atom. The van der Waals surface area contributed by atoms with Crippen molar-refractivity contribution in [1.29, 1.82) is 0 Å². The highest BCUT2D eigenvalue weighted by Gasteiger charge is 2.35. The lowest BCUT2D eigenvalue weighted by Gasteiger charge is -2.29. The fourth-order valence-corrected chi connectivity index (χ4v) is 2.42. The Morgan fingerprint density at radius 2 is 2.16 bits per heavy atom. The largest absolute Gasteiger partial charge is 0.393 e. The maximum absolute atomic E-state index is 12.0.